The zero-order valence-electron chi connectivity index (χ0n) is 5.48. The van der Waals surface area contributed by atoms with E-state index in [9.17, 15) is 4.79 Å². The van der Waals surface area contributed by atoms with Gasteiger partial charge in [-0.15, -0.1) is 0 Å². The van der Waals surface area contributed by atoms with E-state index in [1.807, 2.05) is 0 Å². The van der Waals surface area contributed by atoms with Gasteiger partial charge < -0.3 is 15.9 Å². The van der Waals surface area contributed by atoms with Crippen LogP contribution in [-0.4, -0.2) is 20.2 Å². The Hall–Kier alpha value is -1.40. The molecule has 6 nitrogen and oxygen atoms in total. The van der Waals surface area contributed by atoms with Crippen LogP contribution in [0.2, 0.25) is 0 Å². The first kappa shape index (κ1) is 7.70. The van der Waals surface area contributed by atoms with Crippen molar-refractivity contribution >= 4 is 5.82 Å². The van der Waals surface area contributed by atoms with E-state index in [1.54, 1.807) is 0 Å². The van der Waals surface area contributed by atoms with Gasteiger partial charge in [-0.3, -0.25) is 4.98 Å². The van der Waals surface area contributed by atoms with Crippen LogP contribution in [0.1, 0.15) is 11.9 Å². The summed E-state index contributed by atoms with van der Waals surface area (Å²) < 4.78 is 0. The summed E-state index contributed by atoms with van der Waals surface area (Å²) in [7, 11) is 0. The van der Waals surface area contributed by atoms with Crippen molar-refractivity contribution in [3.8, 4) is 0 Å². The molecule has 0 aliphatic carbocycles. The number of aliphatic hydroxyl groups is 2. The molecule has 5 N–H and O–H groups in total. The number of aliphatic hydroxyl groups excluding tert-OH is 1. The number of aromatic amines is 1. The van der Waals surface area contributed by atoms with Crippen LogP contribution in [0, 0.1) is 0 Å². The van der Waals surface area contributed by atoms with Gasteiger partial charge in [0.25, 0.3) is 0 Å². The highest BCUT2D eigenvalue weighted by Crippen LogP contribution is 2.11. The lowest BCUT2D eigenvalue weighted by atomic mass is 10.3. The Morgan fingerprint density at radius 2 is 2.27 bits per heavy atom. The number of H-pyrrole nitrogens is 1. The lowest BCUT2D eigenvalue weighted by molar-refractivity contribution is -0.0423. The quantitative estimate of drug-likeness (QED) is 0.364. The van der Waals surface area contributed by atoms with Gasteiger partial charge in [-0.2, -0.15) is 0 Å². The number of nitrogens with zero attached hydrogens (tertiary/aromatic N) is 1. The van der Waals surface area contributed by atoms with Gasteiger partial charge >= 0.3 is 5.69 Å². The van der Waals surface area contributed by atoms with E-state index in [-0.39, 0.29) is 11.4 Å². The summed E-state index contributed by atoms with van der Waals surface area (Å²) in [4.78, 5) is 15.8. The van der Waals surface area contributed by atoms with Gasteiger partial charge in [0.05, 0.1) is 5.56 Å². The van der Waals surface area contributed by atoms with Gasteiger partial charge in [0.2, 0.25) is 0 Å². The van der Waals surface area contributed by atoms with E-state index in [2.05, 4.69) is 9.97 Å². The molecule has 1 aromatic rings. The number of hydrogen-bond acceptors (Lipinski definition) is 5. The normalized spacial score (nSPS) is 10.5. The van der Waals surface area contributed by atoms with Crippen LogP contribution in [-0.2, 0) is 0 Å². The highest BCUT2D eigenvalue weighted by molar-refractivity contribution is 5.36. The second kappa shape index (κ2) is 2.69. The molecule has 0 unspecified atom stereocenters. The maximum Gasteiger partial charge on any atom is 0.346 e. The fraction of sp³-hybridized carbons (Fsp3) is 0.200. The predicted molar refractivity (Wildman–Crippen MR) is 36.4 cm³/mol. The summed E-state index contributed by atoms with van der Waals surface area (Å²) in [5.74, 6) is -0.0833. The van der Waals surface area contributed by atoms with Crippen LogP contribution in [0.25, 0.3) is 0 Å². The number of aromatic nitrogens is 2. The predicted octanol–water partition coefficient (Wildman–Crippen LogP) is -1.66. The van der Waals surface area contributed by atoms with Crippen molar-refractivity contribution in [2.45, 2.75) is 6.29 Å². The molecule has 0 aliphatic heterocycles. The second-order valence-electron chi connectivity index (χ2n) is 1.93. The van der Waals surface area contributed by atoms with Crippen LogP contribution in [0.5, 0.6) is 0 Å². The first-order valence-corrected chi connectivity index (χ1v) is 2.82. The van der Waals surface area contributed by atoms with Crippen LogP contribution < -0.4 is 11.4 Å². The summed E-state index contributed by atoms with van der Waals surface area (Å²) in [5.41, 5.74) is 4.58. The van der Waals surface area contributed by atoms with Crippen molar-refractivity contribution in [3.05, 3.63) is 22.2 Å². The lowest BCUT2D eigenvalue weighted by Crippen LogP contribution is -2.15. The largest absolute Gasteiger partial charge is 0.385 e. The highest BCUT2D eigenvalue weighted by Gasteiger charge is 2.07. The van der Waals surface area contributed by atoms with Crippen molar-refractivity contribution in [1.82, 2.24) is 9.97 Å². The first-order valence-electron chi connectivity index (χ1n) is 2.82. The Kier molecular flexibility index (Phi) is 1.88. The minimum absolute atomic E-state index is 0.00963. The van der Waals surface area contributed by atoms with E-state index in [4.69, 9.17) is 15.9 Å². The Balaban J connectivity index is 3.20. The minimum Gasteiger partial charge on any atom is -0.385 e. The summed E-state index contributed by atoms with van der Waals surface area (Å²) in [6, 6.07) is 0. The summed E-state index contributed by atoms with van der Waals surface area (Å²) in [6.45, 7) is 0. The molecular formula is C5H7N3O3. The molecule has 1 aromatic heterocycles. The molecule has 0 spiro atoms. The third kappa shape index (κ3) is 1.54. The molecule has 1 heterocycles. The maximum absolute atomic E-state index is 10.5. The number of rotatable bonds is 1. The van der Waals surface area contributed by atoms with Gasteiger partial charge in [0.15, 0.2) is 6.29 Å². The van der Waals surface area contributed by atoms with Crippen LogP contribution in [0.4, 0.5) is 5.82 Å². The highest BCUT2D eigenvalue weighted by atomic mass is 16.5. The monoisotopic (exact) mass is 157 g/mol. The minimum atomic E-state index is -1.71. The Bertz CT molecular complexity index is 306. The fourth-order valence-corrected chi connectivity index (χ4v) is 0.623. The van der Waals surface area contributed by atoms with Gasteiger partial charge in [-0.1, -0.05) is 0 Å². The number of anilines is 1. The molecule has 11 heavy (non-hydrogen) atoms. The van der Waals surface area contributed by atoms with Crippen molar-refractivity contribution in [3.63, 3.8) is 0 Å². The van der Waals surface area contributed by atoms with Crippen molar-refractivity contribution in [1.29, 1.82) is 0 Å². The SMILES string of the molecule is Nc1[nH]c(=O)ncc1C(O)O. The third-order valence-electron chi connectivity index (χ3n) is 1.15. The van der Waals surface area contributed by atoms with Crippen molar-refractivity contribution in [2.24, 2.45) is 0 Å². The molecule has 0 fully saturated rings. The van der Waals surface area contributed by atoms with Gasteiger partial charge in [0, 0.05) is 6.20 Å². The average Bonchev–Trinajstić information content (AvgIpc) is 1.85. The molecule has 0 aliphatic rings. The lowest BCUT2D eigenvalue weighted by Gasteiger charge is -2.04. The molecule has 0 saturated heterocycles. The molecule has 6 heteroatoms. The topological polar surface area (TPSA) is 112 Å². The molecule has 0 amide bonds. The zero-order chi connectivity index (χ0) is 8.43. The molecule has 0 saturated carbocycles. The molecule has 0 radical (unpaired) electrons. The van der Waals surface area contributed by atoms with Gasteiger partial charge in [-0.25, -0.2) is 9.78 Å². The number of nitrogens with one attached hydrogen (secondary N) is 1. The van der Waals surface area contributed by atoms with Gasteiger partial charge in [-0.05, 0) is 0 Å². The van der Waals surface area contributed by atoms with E-state index < -0.39 is 12.0 Å². The van der Waals surface area contributed by atoms with Crippen LogP contribution in [0.3, 0.4) is 0 Å². The first-order chi connectivity index (χ1) is 5.11. The second-order valence-corrected chi connectivity index (χ2v) is 1.93. The number of hydrogen-bond donors (Lipinski definition) is 4. The molecule has 60 valence electrons. The van der Waals surface area contributed by atoms with E-state index in [0.717, 1.165) is 6.20 Å². The van der Waals surface area contributed by atoms with Crippen LogP contribution in [0.15, 0.2) is 11.0 Å². The van der Waals surface area contributed by atoms with E-state index in [1.165, 1.54) is 0 Å². The maximum atomic E-state index is 10.5. The smallest absolute Gasteiger partial charge is 0.346 e. The summed E-state index contributed by atoms with van der Waals surface area (Å²) >= 11 is 0. The Morgan fingerprint density at radius 1 is 1.64 bits per heavy atom. The third-order valence-corrected chi connectivity index (χ3v) is 1.15. The molecular weight excluding hydrogens is 150 g/mol. The van der Waals surface area contributed by atoms with E-state index in [0.29, 0.717) is 0 Å². The Morgan fingerprint density at radius 3 is 2.73 bits per heavy atom. The summed E-state index contributed by atoms with van der Waals surface area (Å²) in [5, 5.41) is 17.2. The molecule has 0 bridgehead atoms. The zero-order valence-corrected chi connectivity index (χ0v) is 5.48. The fourth-order valence-electron chi connectivity index (χ4n) is 0.623. The van der Waals surface area contributed by atoms with Crippen molar-refractivity contribution < 1.29 is 10.2 Å². The Labute approximate surface area is 61.3 Å². The standard InChI is InChI=1S/C5H7N3O3/c6-3-2(4(9)10)1-7-5(11)8-3/h1,4,9-10H,(H3,6,7,8,11). The molecule has 0 atom stereocenters. The average molecular weight is 157 g/mol. The molecule has 0 aromatic carbocycles. The summed E-state index contributed by atoms with van der Waals surface area (Å²) in [6.07, 6.45) is -0.696. The number of nitrogens with two attached hydrogens (primary N) is 1. The van der Waals surface area contributed by atoms with Gasteiger partial charge in [0.1, 0.15) is 5.82 Å². The number of nitrogen functional groups attached to an aromatic ring is 1. The van der Waals surface area contributed by atoms with Crippen molar-refractivity contribution in [2.75, 3.05) is 5.73 Å². The van der Waals surface area contributed by atoms with E-state index >= 15 is 0 Å². The molecule has 1 rings (SSSR count). The van der Waals surface area contributed by atoms with Crippen LogP contribution >= 0.6 is 0 Å².